The Hall–Kier alpha value is -0.990. The van der Waals surface area contributed by atoms with E-state index >= 15 is 0 Å². The fourth-order valence-electron chi connectivity index (χ4n) is 2.07. The van der Waals surface area contributed by atoms with Gasteiger partial charge >= 0.3 is 0 Å². The summed E-state index contributed by atoms with van der Waals surface area (Å²) in [5.41, 5.74) is 2.39. The van der Waals surface area contributed by atoms with Gasteiger partial charge in [0, 0.05) is 6.54 Å². The molecule has 0 unspecified atom stereocenters. The van der Waals surface area contributed by atoms with Crippen molar-refractivity contribution in [2.75, 3.05) is 20.6 Å². The second-order valence-corrected chi connectivity index (χ2v) is 4.46. The van der Waals surface area contributed by atoms with Crippen LogP contribution in [0.2, 0.25) is 0 Å². The Bertz CT molecular complexity index is 374. The van der Waals surface area contributed by atoms with Crippen molar-refractivity contribution in [2.24, 2.45) is 5.92 Å². The van der Waals surface area contributed by atoms with Gasteiger partial charge in [0.15, 0.2) is 0 Å². The van der Waals surface area contributed by atoms with Crippen LogP contribution in [0.4, 0.5) is 0 Å². The van der Waals surface area contributed by atoms with E-state index in [9.17, 15) is 5.11 Å². The molecule has 1 aromatic carbocycles. The van der Waals surface area contributed by atoms with Gasteiger partial charge in [-0.25, -0.2) is 0 Å². The highest BCUT2D eigenvalue weighted by atomic mass is 35.5. The first-order valence-electron chi connectivity index (χ1n) is 5.65. The van der Waals surface area contributed by atoms with E-state index in [0.717, 1.165) is 12.1 Å². The number of hydrogen-bond donors (Lipinski definition) is 1. The number of hydrogen-bond acceptors (Lipinski definition) is 2. The molecule has 0 aromatic heterocycles. The zero-order valence-corrected chi connectivity index (χ0v) is 11.8. The first-order valence-corrected chi connectivity index (χ1v) is 5.65. The molecule has 1 atom stereocenters. The van der Waals surface area contributed by atoms with E-state index in [-0.39, 0.29) is 12.4 Å². The number of nitrogens with zero attached hydrogens (tertiary/aromatic N) is 1. The number of benzene rings is 1. The Balaban J connectivity index is 0.00000256. The van der Waals surface area contributed by atoms with E-state index < -0.39 is 0 Å². The molecule has 0 aliphatic carbocycles. The molecule has 0 aliphatic rings. The van der Waals surface area contributed by atoms with E-state index in [1.54, 1.807) is 6.07 Å². The van der Waals surface area contributed by atoms with Gasteiger partial charge in [-0.05, 0) is 50.2 Å². The lowest BCUT2D eigenvalue weighted by Crippen LogP contribution is -2.20. The summed E-state index contributed by atoms with van der Waals surface area (Å²) in [6, 6.07) is 7.45. The minimum Gasteiger partial charge on any atom is -0.508 e. The van der Waals surface area contributed by atoms with Crippen molar-refractivity contribution in [3.63, 3.8) is 0 Å². The quantitative estimate of drug-likeness (QED) is 0.891. The molecule has 2 nitrogen and oxygen atoms in total. The fraction of sp³-hybridized carbons (Fsp3) is 0.429. The Morgan fingerprint density at radius 1 is 1.41 bits per heavy atom. The van der Waals surface area contributed by atoms with Gasteiger partial charge < -0.3 is 10.0 Å². The summed E-state index contributed by atoms with van der Waals surface area (Å²) in [5.74, 6) is 0.788. The molecule has 0 saturated heterocycles. The van der Waals surface area contributed by atoms with Gasteiger partial charge in [-0.1, -0.05) is 25.1 Å². The molecule has 17 heavy (non-hydrogen) atoms. The van der Waals surface area contributed by atoms with Crippen LogP contribution >= 0.6 is 12.4 Å². The molecule has 0 fully saturated rings. The minimum absolute atomic E-state index is 0. The third-order valence-corrected chi connectivity index (χ3v) is 2.66. The highest BCUT2D eigenvalue weighted by Gasteiger charge is 2.11. The van der Waals surface area contributed by atoms with Gasteiger partial charge in [0.05, 0.1) is 0 Å². The van der Waals surface area contributed by atoms with E-state index in [4.69, 9.17) is 0 Å². The third kappa shape index (κ3) is 4.80. The van der Waals surface area contributed by atoms with Crippen molar-refractivity contribution in [1.29, 1.82) is 0 Å². The molecule has 96 valence electrons. The zero-order chi connectivity index (χ0) is 12.1. The average molecular weight is 256 g/mol. The maximum atomic E-state index is 9.48. The Labute approximate surface area is 110 Å². The van der Waals surface area contributed by atoms with Crippen molar-refractivity contribution >= 4 is 18.0 Å². The second-order valence-electron chi connectivity index (χ2n) is 4.46. The minimum atomic E-state index is 0. The van der Waals surface area contributed by atoms with Crippen LogP contribution in [0.15, 0.2) is 30.3 Å². The largest absolute Gasteiger partial charge is 0.508 e. The van der Waals surface area contributed by atoms with Crippen LogP contribution in [-0.4, -0.2) is 30.6 Å². The van der Waals surface area contributed by atoms with Crippen LogP contribution in [-0.2, 0) is 0 Å². The van der Waals surface area contributed by atoms with Crippen LogP contribution in [0.1, 0.15) is 19.4 Å². The van der Waals surface area contributed by atoms with E-state index in [1.165, 1.54) is 5.57 Å². The second kappa shape index (κ2) is 7.36. The van der Waals surface area contributed by atoms with Gasteiger partial charge in [0.25, 0.3) is 0 Å². The van der Waals surface area contributed by atoms with Gasteiger partial charge in [-0.2, -0.15) is 0 Å². The predicted molar refractivity (Wildman–Crippen MR) is 76.7 cm³/mol. The van der Waals surface area contributed by atoms with Crippen molar-refractivity contribution in [2.45, 2.75) is 13.8 Å². The standard InChI is InChI=1S/C14H21NO.ClH/c1-5-14(11(2)10-15(3)4)12-7-6-8-13(16)9-12;/h5-9,11,16H,10H2,1-4H3;1H/b14-5-;/t11-;/m1./s1. The summed E-state index contributed by atoms with van der Waals surface area (Å²) in [4.78, 5) is 2.18. The molecule has 1 N–H and O–H groups in total. The fourth-order valence-corrected chi connectivity index (χ4v) is 2.07. The molecule has 1 aromatic rings. The lowest BCUT2D eigenvalue weighted by Gasteiger charge is -2.20. The van der Waals surface area contributed by atoms with Gasteiger partial charge in [-0.3, -0.25) is 0 Å². The molecule has 0 aliphatic heterocycles. The van der Waals surface area contributed by atoms with Crippen LogP contribution < -0.4 is 0 Å². The summed E-state index contributed by atoms with van der Waals surface area (Å²) >= 11 is 0. The summed E-state index contributed by atoms with van der Waals surface area (Å²) in [6.45, 7) is 5.26. The van der Waals surface area contributed by atoms with Gasteiger partial charge in [-0.15, -0.1) is 12.4 Å². The third-order valence-electron chi connectivity index (χ3n) is 2.66. The maximum Gasteiger partial charge on any atom is 0.116 e. The normalized spacial score (nSPS) is 13.4. The smallest absolute Gasteiger partial charge is 0.116 e. The Morgan fingerprint density at radius 2 is 2.06 bits per heavy atom. The summed E-state index contributed by atoms with van der Waals surface area (Å²) in [7, 11) is 4.15. The SMILES string of the molecule is C/C=C(\c1cccc(O)c1)[C@H](C)CN(C)C.Cl. The van der Waals surface area contributed by atoms with E-state index in [0.29, 0.717) is 11.7 Å². The highest BCUT2D eigenvalue weighted by Crippen LogP contribution is 2.26. The Morgan fingerprint density at radius 3 is 2.53 bits per heavy atom. The van der Waals surface area contributed by atoms with Gasteiger partial charge in [0.1, 0.15) is 5.75 Å². The molecule has 1 rings (SSSR count). The number of halogens is 1. The highest BCUT2D eigenvalue weighted by molar-refractivity contribution is 5.85. The molecule has 0 bridgehead atoms. The van der Waals surface area contributed by atoms with Crippen molar-refractivity contribution in [3.8, 4) is 5.75 Å². The number of rotatable bonds is 4. The van der Waals surface area contributed by atoms with Crippen LogP contribution in [0.5, 0.6) is 5.75 Å². The zero-order valence-electron chi connectivity index (χ0n) is 11.0. The molecule has 0 amide bonds. The monoisotopic (exact) mass is 255 g/mol. The Kier molecular flexibility index (Phi) is 6.93. The molecule has 0 spiro atoms. The first kappa shape index (κ1) is 16.0. The topological polar surface area (TPSA) is 23.5 Å². The molecule has 0 heterocycles. The van der Waals surface area contributed by atoms with Crippen LogP contribution in [0.3, 0.4) is 0 Å². The number of phenolic OH excluding ortho intramolecular Hbond substituents is 1. The van der Waals surface area contributed by atoms with Crippen LogP contribution in [0, 0.1) is 5.92 Å². The number of phenols is 1. The van der Waals surface area contributed by atoms with Crippen molar-refractivity contribution in [1.82, 2.24) is 4.90 Å². The lowest BCUT2D eigenvalue weighted by molar-refractivity contribution is 0.376. The number of allylic oxidation sites excluding steroid dienone is 1. The summed E-state index contributed by atoms with van der Waals surface area (Å²) in [6.07, 6.45) is 2.13. The summed E-state index contributed by atoms with van der Waals surface area (Å²) in [5, 5.41) is 9.48. The molecular formula is C14H22ClNO. The van der Waals surface area contributed by atoms with Crippen LogP contribution in [0.25, 0.3) is 5.57 Å². The first-order chi connectivity index (χ1) is 7.54. The average Bonchev–Trinajstić information content (AvgIpc) is 2.17. The van der Waals surface area contributed by atoms with Crippen molar-refractivity contribution in [3.05, 3.63) is 35.9 Å². The van der Waals surface area contributed by atoms with Crippen molar-refractivity contribution < 1.29 is 5.11 Å². The summed E-state index contributed by atoms with van der Waals surface area (Å²) < 4.78 is 0. The maximum absolute atomic E-state index is 9.48. The lowest BCUT2D eigenvalue weighted by atomic mass is 9.93. The molecule has 0 saturated carbocycles. The molecule has 0 radical (unpaired) electrons. The molecule has 3 heteroatoms. The predicted octanol–water partition coefficient (Wildman–Crippen LogP) is 3.42. The van der Waals surface area contributed by atoms with Gasteiger partial charge in [0.2, 0.25) is 0 Å². The number of aromatic hydroxyl groups is 1. The van der Waals surface area contributed by atoms with E-state index in [1.807, 2.05) is 25.1 Å². The van der Waals surface area contributed by atoms with E-state index in [2.05, 4.69) is 32.0 Å². The molecular weight excluding hydrogens is 234 g/mol.